The first-order valence-electron chi connectivity index (χ1n) is 6.86. The largest absolute Gasteiger partial charge is 0.417 e. The molecule has 0 spiro atoms. The number of aryl methyl sites for hydroxylation is 3. The maximum absolute atomic E-state index is 13.3. The molecule has 134 valence electrons. The van der Waals surface area contributed by atoms with E-state index in [1.165, 1.54) is 26.8 Å². The van der Waals surface area contributed by atoms with E-state index in [-0.39, 0.29) is 38.8 Å². The zero-order valence-corrected chi connectivity index (χ0v) is 14.8. The van der Waals surface area contributed by atoms with Crippen molar-refractivity contribution < 1.29 is 26.1 Å². The van der Waals surface area contributed by atoms with Crippen LogP contribution in [0.15, 0.2) is 26.3 Å². The van der Waals surface area contributed by atoms with Crippen LogP contribution in [0.2, 0.25) is 0 Å². The molecule has 2 aromatic heterocycles. The topological polar surface area (TPSA) is 82.2 Å². The van der Waals surface area contributed by atoms with Crippen molar-refractivity contribution >= 4 is 31.6 Å². The van der Waals surface area contributed by atoms with Crippen molar-refractivity contribution in [1.29, 1.82) is 0 Å². The van der Waals surface area contributed by atoms with Crippen LogP contribution in [0.3, 0.4) is 0 Å². The van der Waals surface area contributed by atoms with E-state index >= 15 is 0 Å². The minimum absolute atomic E-state index is 0.0208. The fourth-order valence-corrected chi connectivity index (χ4v) is 5.56. The molecular formula is C14H11F3N2O4S2. The van der Waals surface area contributed by atoms with E-state index in [4.69, 9.17) is 4.52 Å². The molecule has 2 heterocycles. The van der Waals surface area contributed by atoms with E-state index in [2.05, 4.69) is 5.16 Å². The van der Waals surface area contributed by atoms with Gasteiger partial charge in [0.15, 0.2) is 10.7 Å². The quantitative estimate of drug-likeness (QED) is 0.669. The Kier molecular flexibility index (Phi) is 3.84. The normalized spacial score (nSPS) is 12.9. The third-order valence-electron chi connectivity index (χ3n) is 3.56. The number of thiazole rings is 1. The van der Waals surface area contributed by atoms with Gasteiger partial charge in [0.1, 0.15) is 5.69 Å². The van der Waals surface area contributed by atoms with E-state index < -0.39 is 31.3 Å². The van der Waals surface area contributed by atoms with Crippen LogP contribution in [0.25, 0.3) is 10.2 Å². The van der Waals surface area contributed by atoms with Gasteiger partial charge in [-0.05, 0) is 38.5 Å². The van der Waals surface area contributed by atoms with Gasteiger partial charge in [0.25, 0.3) is 10.0 Å². The van der Waals surface area contributed by atoms with Crippen molar-refractivity contribution in [3.8, 4) is 0 Å². The van der Waals surface area contributed by atoms with Crippen LogP contribution in [-0.2, 0) is 16.2 Å². The van der Waals surface area contributed by atoms with Crippen LogP contribution < -0.4 is 4.87 Å². The molecule has 3 aromatic rings. The van der Waals surface area contributed by atoms with E-state index in [1.54, 1.807) is 0 Å². The fourth-order valence-electron chi connectivity index (χ4n) is 2.61. The third kappa shape index (κ3) is 2.67. The molecule has 0 amide bonds. The Labute approximate surface area is 143 Å². The molecule has 0 aliphatic carbocycles. The number of hydrogen-bond acceptors (Lipinski definition) is 6. The zero-order valence-electron chi connectivity index (χ0n) is 13.1. The maximum atomic E-state index is 13.3. The number of alkyl halides is 3. The molecule has 6 nitrogen and oxygen atoms in total. The van der Waals surface area contributed by atoms with Crippen LogP contribution in [0.1, 0.15) is 22.6 Å². The highest BCUT2D eigenvalue weighted by Gasteiger charge is 2.36. The molecule has 25 heavy (non-hydrogen) atoms. The molecular weight excluding hydrogens is 381 g/mol. The zero-order chi connectivity index (χ0) is 18.7. The average Bonchev–Trinajstić information content (AvgIpc) is 2.96. The first-order valence-corrected chi connectivity index (χ1v) is 9.12. The lowest BCUT2D eigenvalue weighted by atomic mass is 10.1. The number of rotatable bonds is 2. The maximum Gasteiger partial charge on any atom is 0.417 e. The molecule has 0 aliphatic rings. The fraction of sp³-hybridized carbons (Fsp3) is 0.286. The summed E-state index contributed by atoms with van der Waals surface area (Å²) in [7, 11) is -4.46. The molecule has 0 bridgehead atoms. The van der Waals surface area contributed by atoms with Gasteiger partial charge < -0.3 is 4.52 Å². The van der Waals surface area contributed by atoms with E-state index in [1.807, 2.05) is 0 Å². The second-order valence-electron chi connectivity index (χ2n) is 5.45. The first-order chi connectivity index (χ1) is 11.4. The summed E-state index contributed by atoms with van der Waals surface area (Å²) in [6.07, 6.45) is -4.72. The van der Waals surface area contributed by atoms with Crippen LogP contribution in [0.5, 0.6) is 0 Å². The van der Waals surface area contributed by atoms with Gasteiger partial charge in [-0.25, -0.2) is 8.42 Å². The Bertz CT molecular complexity index is 1130. The van der Waals surface area contributed by atoms with E-state index in [0.717, 1.165) is 6.07 Å². The van der Waals surface area contributed by atoms with Gasteiger partial charge in [-0.3, -0.25) is 4.79 Å². The van der Waals surface area contributed by atoms with Crippen LogP contribution >= 0.6 is 11.3 Å². The Morgan fingerprint density at radius 2 is 1.84 bits per heavy atom. The van der Waals surface area contributed by atoms with Gasteiger partial charge in [0.2, 0.25) is 0 Å². The van der Waals surface area contributed by atoms with Crippen LogP contribution in [0.4, 0.5) is 13.2 Å². The van der Waals surface area contributed by atoms with Gasteiger partial charge >= 0.3 is 11.0 Å². The Morgan fingerprint density at radius 1 is 1.20 bits per heavy atom. The molecule has 0 fully saturated rings. The smallest absolute Gasteiger partial charge is 0.360 e. The lowest BCUT2D eigenvalue weighted by Crippen LogP contribution is -2.23. The minimum Gasteiger partial charge on any atom is -0.360 e. The highest BCUT2D eigenvalue weighted by atomic mass is 32.2. The van der Waals surface area contributed by atoms with Gasteiger partial charge in [0, 0.05) is 0 Å². The van der Waals surface area contributed by atoms with Crippen molar-refractivity contribution in [1.82, 2.24) is 9.13 Å². The minimum atomic E-state index is -4.72. The van der Waals surface area contributed by atoms with Gasteiger partial charge in [-0.15, -0.1) is 0 Å². The van der Waals surface area contributed by atoms with Crippen LogP contribution in [0, 0.1) is 20.8 Å². The monoisotopic (exact) mass is 392 g/mol. The van der Waals surface area contributed by atoms with Crippen molar-refractivity contribution in [3.63, 3.8) is 0 Å². The predicted octanol–water partition coefficient (Wildman–Crippen LogP) is 3.23. The molecule has 0 aliphatic heterocycles. The van der Waals surface area contributed by atoms with Crippen molar-refractivity contribution in [2.75, 3.05) is 0 Å². The molecule has 11 heteroatoms. The summed E-state index contributed by atoms with van der Waals surface area (Å²) in [5, 5.41) is 3.53. The number of aromatic nitrogens is 2. The van der Waals surface area contributed by atoms with Gasteiger partial charge in [0.05, 0.1) is 15.8 Å². The molecule has 0 unspecified atom stereocenters. The van der Waals surface area contributed by atoms with Gasteiger partial charge in [-0.2, -0.15) is 17.1 Å². The number of hydrogen-bond donors (Lipinski definition) is 0. The van der Waals surface area contributed by atoms with Crippen molar-refractivity contribution in [3.05, 3.63) is 44.4 Å². The summed E-state index contributed by atoms with van der Waals surface area (Å²) in [4.78, 5) is 10.9. The number of fused-ring (bicyclic) bond motifs is 1. The summed E-state index contributed by atoms with van der Waals surface area (Å²) >= 11 is 0.234. The number of benzene rings is 1. The lowest BCUT2D eigenvalue weighted by Gasteiger charge is -2.10. The first kappa shape index (κ1) is 17.7. The Morgan fingerprint density at radius 3 is 2.36 bits per heavy atom. The Hall–Kier alpha value is -2.14. The molecule has 0 saturated carbocycles. The predicted molar refractivity (Wildman–Crippen MR) is 84.4 cm³/mol. The number of nitrogens with zero attached hydrogens (tertiary/aromatic N) is 2. The third-order valence-corrected chi connectivity index (χ3v) is 6.61. The summed E-state index contributed by atoms with van der Waals surface area (Å²) in [6.45, 7) is 4.11. The lowest BCUT2D eigenvalue weighted by molar-refractivity contribution is -0.136. The molecule has 3 rings (SSSR count). The van der Waals surface area contributed by atoms with E-state index in [0.29, 0.717) is 3.97 Å². The van der Waals surface area contributed by atoms with Crippen molar-refractivity contribution in [2.45, 2.75) is 31.8 Å². The van der Waals surface area contributed by atoms with Crippen LogP contribution in [-0.4, -0.2) is 17.5 Å². The number of halogens is 3. The highest BCUT2D eigenvalue weighted by Crippen LogP contribution is 2.38. The summed E-state index contributed by atoms with van der Waals surface area (Å²) in [5.74, 6) is -0.0487. The second kappa shape index (κ2) is 5.43. The SMILES string of the molecule is Cc1cc(C(F)(F)F)c2sc(=O)n(S(=O)(=O)c3c(C)noc3C)c2c1. The van der Waals surface area contributed by atoms with E-state index in [9.17, 15) is 26.4 Å². The Balaban J connectivity index is 2.45. The molecule has 0 N–H and O–H groups in total. The van der Waals surface area contributed by atoms with Gasteiger partial charge in [-0.1, -0.05) is 16.5 Å². The highest BCUT2D eigenvalue weighted by molar-refractivity contribution is 7.90. The van der Waals surface area contributed by atoms with Crippen molar-refractivity contribution in [2.24, 2.45) is 0 Å². The second-order valence-corrected chi connectivity index (χ2v) is 8.13. The molecule has 0 atom stereocenters. The molecule has 1 aromatic carbocycles. The molecule has 0 radical (unpaired) electrons. The average molecular weight is 392 g/mol. The summed E-state index contributed by atoms with van der Waals surface area (Å²) in [5.41, 5.74) is -1.16. The molecule has 0 saturated heterocycles. The standard InChI is InChI=1S/C14H11F3N2O4S2/c1-6-4-9(14(15,16)17)11-10(5-6)19(13(20)24-11)25(21,22)12-7(2)18-23-8(12)3/h4-5H,1-3H3. The summed E-state index contributed by atoms with van der Waals surface area (Å²) in [6, 6.07) is 2.11. The summed E-state index contributed by atoms with van der Waals surface area (Å²) < 4.78 is 70.3.